The second-order valence-electron chi connectivity index (χ2n) is 6.12. The third-order valence-electron chi connectivity index (χ3n) is 4.61. The lowest BCUT2D eigenvalue weighted by Crippen LogP contribution is -2.36. The van der Waals surface area contributed by atoms with Gasteiger partial charge in [0.25, 0.3) is 0 Å². The summed E-state index contributed by atoms with van der Waals surface area (Å²) in [7, 11) is 0. The molecule has 2 saturated heterocycles. The number of hydrogen-bond donors (Lipinski definition) is 1. The van der Waals surface area contributed by atoms with Gasteiger partial charge in [0.2, 0.25) is 5.91 Å². The zero-order valence-corrected chi connectivity index (χ0v) is 12.8. The van der Waals surface area contributed by atoms with E-state index in [1.807, 2.05) is 35.2 Å². The van der Waals surface area contributed by atoms with Crippen molar-refractivity contribution in [2.45, 2.75) is 38.4 Å². The van der Waals surface area contributed by atoms with Crippen LogP contribution in [0.2, 0.25) is 0 Å². The van der Waals surface area contributed by atoms with Crippen molar-refractivity contribution in [3.05, 3.63) is 35.9 Å². The number of benzene rings is 1. The van der Waals surface area contributed by atoms with Gasteiger partial charge in [-0.3, -0.25) is 10.1 Å². The highest BCUT2D eigenvalue weighted by atomic mass is 16.2. The number of carbonyl (C=O) groups is 1. The number of nitrogens with zero attached hydrogens (tertiary/aromatic N) is 2. The predicted octanol–water partition coefficient (Wildman–Crippen LogP) is 1.99. The number of nitrogens with one attached hydrogen (secondary N) is 1. The van der Waals surface area contributed by atoms with Gasteiger partial charge >= 0.3 is 0 Å². The van der Waals surface area contributed by atoms with Gasteiger partial charge in [-0.2, -0.15) is 0 Å². The van der Waals surface area contributed by atoms with Gasteiger partial charge in [-0.05, 0) is 51.4 Å². The lowest BCUT2D eigenvalue weighted by atomic mass is 10.1. The van der Waals surface area contributed by atoms with E-state index in [-0.39, 0.29) is 18.1 Å². The van der Waals surface area contributed by atoms with E-state index < -0.39 is 0 Å². The Balaban J connectivity index is 1.55. The summed E-state index contributed by atoms with van der Waals surface area (Å²) in [5, 5.41) is 3.41. The number of carbonyl (C=O) groups excluding carboxylic acids is 1. The van der Waals surface area contributed by atoms with Crippen molar-refractivity contribution in [2.75, 3.05) is 26.2 Å². The smallest absolute Gasteiger partial charge is 0.245 e. The van der Waals surface area contributed by atoms with Crippen LogP contribution in [0.5, 0.6) is 0 Å². The highest BCUT2D eigenvalue weighted by molar-refractivity contribution is 5.85. The van der Waals surface area contributed by atoms with Crippen molar-refractivity contribution < 1.29 is 4.79 Å². The number of likely N-dealkylation sites (tertiary alicyclic amines) is 1. The fraction of sp³-hybridized carbons (Fsp3) is 0.588. The molecule has 0 radical (unpaired) electrons. The first-order valence-corrected chi connectivity index (χ1v) is 8.09. The van der Waals surface area contributed by atoms with Crippen LogP contribution >= 0.6 is 0 Å². The maximum absolute atomic E-state index is 12.6. The van der Waals surface area contributed by atoms with Gasteiger partial charge in [-0.15, -0.1) is 0 Å². The minimum absolute atomic E-state index is 0.126. The summed E-state index contributed by atoms with van der Waals surface area (Å²) in [6, 6.07) is 9.84. The largest absolute Gasteiger partial charge is 0.326 e. The minimum atomic E-state index is -0.173. The molecule has 21 heavy (non-hydrogen) atoms. The summed E-state index contributed by atoms with van der Waals surface area (Å²) in [4.78, 5) is 17.1. The number of hydrogen-bond acceptors (Lipinski definition) is 3. The molecular weight excluding hydrogens is 262 g/mol. The molecule has 0 bridgehead atoms. The second-order valence-corrected chi connectivity index (χ2v) is 6.12. The third kappa shape index (κ3) is 3.27. The monoisotopic (exact) mass is 287 g/mol. The first-order valence-electron chi connectivity index (χ1n) is 8.09. The third-order valence-corrected chi connectivity index (χ3v) is 4.61. The molecule has 114 valence electrons. The SMILES string of the molecule is CC1NC(c2ccccc2)C(=O)N1CCCN1CCCC1. The Morgan fingerprint density at radius 2 is 1.86 bits per heavy atom. The molecule has 0 aliphatic carbocycles. The first-order chi connectivity index (χ1) is 10.3. The van der Waals surface area contributed by atoms with Crippen LogP contribution in [0.4, 0.5) is 0 Å². The van der Waals surface area contributed by atoms with Crippen LogP contribution in [0, 0.1) is 0 Å². The van der Waals surface area contributed by atoms with Crippen molar-refractivity contribution in [3.63, 3.8) is 0 Å². The average Bonchev–Trinajstić information content (AvgIpc) is 3.11. The standard InChI is InChI=1S/C17H25N3O/c1-14-18-16(15-8-3-2-4-9-15)17(21)20(14)13-7-12-19-10-5-6-11-19/h2-4,8-9,14,16,18H,5-7,10-13H2,1H3. The topological polar surface area (TPSA) is 35.6 Å². The molecule has 0 saturated carbocycles. The van der Waals surface area contributed by atoms with Gasteiger partial charge in [-0.25, -0.2) is 0 Å². The Bertz CT molecular complexity index is 470. The molecule has 1 aromatic carbocycles. The Hall–Kier alpha value is -1.39. The van der Waals surface area contributed by atoms with E-state index in [1.165, 1.54) is 25.9 Å². The van der Waals surface area contributed by atoms with Crippen molar-refractivity contribution in [3.8, 4) is 0 Å². The van der Waals surface area contributed by atoms with Gasteiger partial charge in [-0.1, -0.05) is 30.3 Å². The summed E-state index contributed by atoms with van der Waals surface area (Å²) in [5.41, 5.74) is 1.07. The predicted molar refractivity (Wildman–Crippen MR) is 83.8 cm³/mol. The normalized spacial score (nSPS) is 26.7. The maximum Gasteiger partial charge on any atom is 0.245 e. The van der Waals surface area contributed by atoms with Gasteiger partial charge in [0.05, 0.1) is 6.17 Å². The Labute approximate surface area is 127 Å². The van der Waals surface area contributed by atoms with Gasteiger partial charge in [0.15, 0.2) is 0 Å². The van der Waals surface area contributed by atoms with Crippen molar-refractivity contribution in [2.24, 2.45) is 0 Å². The van der Waals surface area contributed by atoms with E-state index in [2.05, 4.69) is 17.1 Å². The summed E-state index contributed by atoms with van der Waals surface area (Å²) < 4.78 is 0. The van der Waals surface area contributed by atoms with Crippen LogP contribution in [0.15, 0.2) is 30.3 Å². The molecule has 1 N–H and O–H groups in total. The average molecular weight is 287 g/mol. The molecule has 0 aromatic heterocycles. The van der Waals surface area contributed by atoms with E-state index in [4.69, 9.17) is 0 Å². The molecule has 2 fully saturated rings. The summed E-state index contributed by atoms with van der Waals surface area (Å²) in [6.07, 6.45) is 3.85. The molecule has 0 spiro atoms. The van der Waals surface area contributed by atoms with Crippen LogP contribution < -0.4 is 5.32 Å². The van der Waals surface area contributed by atoms with E-state index in [0.717, 1.165) is 25.1 Å². The molecule has 1 aromatic rings. The van der Waals surface area contributed by atoms with Gasteiger partial charge < -0.3 is 9.80 Å². The Morgan fingerprint density at radius 1 is 1.14 bits per heavy atom. The molecule has 3 rings (SSSR count). The molecule has 1 amide bonds. The Kier molecular flexibility index (Phi) is 4.56. The van der Waals surface area contributed by atoms with E-state index in [9.17, 15) is 4.79 Å². The minimum Gasteiger partial charge on any atom is -0.326 e. The van der Waals surface area contributed by atoms with E-state index in [0.29, 0.717) is 0 Å². The van der Waals surface area contributed by atoms with Crippen molar-refractivity contribution >= 4 is 5.91 Å². The van der Waals surface area contributed by atoms with Gasteiger partial charge in [0, 0.05) is 6.54 Å². The first kappa shape index (κ1) is 14.5. The van der Waals surface area contributed by atoms with Crippen LogP contribution in [0.25, 0.3) is 0 Å². The molecular formula is C17H25N3O. The molecule has 4 nitrogen and oxygen atoms in total. The fourth-order valence-corrected chi connectivity index (χ4v) is 3.42. The Morgan fingerprint density at radius 3 is 2.57 bits per heavy atom. The van der Waals surface area contributed by atoms with Gasteiger partial charge in [0.1, 0.15) is 6.04 Å². The zero-order chi connectivity index (χ0) is 14.7. The quantitative estimate of drug-likeness (QED) is 0.899. The lowest BCUT2D eigenvalue weighted by Gasteiger charge is -2.22. The molecule has 2 heterocycles. The lowest BCUT2D eigenvalue weighted by molar-refractivity contribution is -0.130. The zero-order valence-electron chi connectivity index (χ0n) is 12.8. The highest BCUT2D eigenvalue weighted by Crippen LogP contribution is 2.24. The van der Waals surface area contributed by atoms with E-state index >= 15 is 0 Å². The molecule has 2 atom stereocenters. The molecule has 4 heteroatoms. The molecule has 2 aliphatic heterocycles. The van der Waals surface area contributed by atoms with Crippen LogP contribution in [-0.4, -0.2) is 48.1 Å². The highest BCUT2D eigenvalue weighted by Gasteiger charge is 2.36. The van der Waals surface area contributed by atoms with Crippen LogP contribution in [0.3, 0.4) is 0 Å². The van der Waals surface area contributed by atoms with E-state index in [1.54, 1.807) is 0 Å². The molecule has 2 aliphatic rings. The van der Waals surface area contributed by atoms with Crippen LogP contribution in [0.1, 0.15) is 37.8 Å². The van der Waals surface area contributed by atoms with Crippen molar-refractivity contribution in [1.29, 1.82) is 0 Å². The fourth-order valence-electron chi connectivity index (χ4n) is 3.42. The summed E-state index contributed by atoms with van der Waals surface area (Å²) >= 11 is 0. The summed E-state index contributed by atoms with van der Waals surface area (Å²) in [6.45, 7) is 6.51. The number of rotatable bonds is 5. The molecule has 2 unspecified atom stereocenters. The summed E-state index contributed by atoms with van der Waals surface area (Å²) in [5.74, 6) is 0.218. The number of amides is 1. The van der Waals surface area contributed by atoms with Crippen LogP contribution in [-0.2, 0) is 4.79 Å². The maximum atomic E-state index is 12.6. The van der Waals surface area contributed by atoms with Crippen molar-refractivity contribution in [1.82, 2.24) is 15.1 Å². The second kappa shape index (κ2) is 6.58.